The highest BCUT2D eigenvalue weighted by Gasteiger charge is 2.34. The second-order valence-corrected chi connectivity index (χ2v) is 4.55. The van der Waals surface area contributed by atoms with Gasteiger partial charge in [-0.25, -0.2) is 0 Å². The number of hydrogen-bond donors (Lipinski definition) is 1. The van der Waals surface area contributed by atoms with E-state index in [2.05, 4.69) is 43.3 Å². The molecule has 1 aliphatic rings. The minimum atomic E-state index is 0.211. The van der Waals surface area contributed by atoms with Crippen molar-refractivity contribution in [1.82, 2.24) is 5.23 Å². The second kappa shape index (κ2) is 5.51. The molecule has 1 fully saturated rings. The molecule has 1 aliphatic heterocycles. The quantitative estimate of drug-likeness (QED) is 0.782. The number of hydrogen-bond acceptors (Lipinski definition) is 2. The number of nitrogens with one attached hydrogen (secondary N) is 1. The molecular formula is C13H20BNO. The average molecular weight is 217 g/mol. The first kappa shape index (κ1) is 11.7. The summed E-state index contributed by atoms with van der Waals surface area (Å²) in [5, 5.41) is 3.51. The molecule has 16 heavy (non-hydrogen) atoms. The third kappa shape index (κ3) is 2.66. The molecule has 1 saturated heterocycles. The van der Waals surface area contributed by atoms with Crippen molar-refractivity contribution < 1.29 is 4.65 Å². The van der Waals surface area contributed by atoms with Crippen LogP contribution in [-0.2, 0) is 4.65 Å². The molecule has 3 heteroatoms. The Morgan fingerprint density at radius 1 is 1.31 bits per heavy atom. The van der Waals surface area contributed by atoms with E-state index in [4.69, 9.17) is 4.65 Å². The van der Waals surface area contributed by atoms with Crippen molar-refractivity contribution >= 4 is 7.05 Å². The summed E-state index contributed by atoms with van der Waals surface area (Å²) in [5.74, 6) is 0. The summed E-state index contributed by atoms with van der Waals surface area (Å²) in [6.45, 7) is 4.41. The van der Waals surface area contributed by atoms with E-state index in [1.54, 1.807) is 0 Å². The SMILES string of the molecule is CCCCB1N[C@H](C)[C@H](c2ccccc2)O1. The van der Waals surface area contributed by atoms with Crippen molar-refractivity contribution in [1.29, 1.82) is 0 Å². The highest BCUT2D eigenvalue weighted by molar-refractivity contribution is 6.49. The normalized spacial score (nSPS) is 25.0. The molecule has 0 spiro atoms. The van der Waals surface area contributed by atoms with Gasteiger partial charge in [0.15, 0.2) is 0 Å². The molecule has 1 heterocycles. The Morgan fingerprint density at radius 2 is 2.06 bits per heavy atom. The van der Waals surface area contributed by atoms with Crippen LogP contribution in [-0.4, -0.2) is 13.1 Å². The van der Waals surface area contributed by atoms with Gasteiger partial charge >= 0.3 is 7.05 Å². The lowest BCUT2D eigenvalue weighted by molar-refractivity contribution is 0.219. The maximum atomic E-state index is 6.05. The van der Waals surface area contributed by atoms with Crippen LogP contribution < -0.4 is 5.23 Å². The molecule has 0 radical (unpaired) electrons. The first-order valence-electron chi connectivity index (χ1n) is 6.27. The third-order valence-corrected chi connectivity index (χ3v) is 3.16. The lowest BCUT2D eigenvalue weighted by Crippen LogP contribution is -2.32. The molecule has 0 bridgehead atoms. The first-order valence-corrected chi connectivity index (χ1v) is 6.27. The van der Waals surface area contributed by atoms with Gasteiger partial charge in [0, 0.05) is 6.04 Å². The summed E-state index contributed by atoms with van der Waals surface area (Å²) in [6, 6.07) is 10.9. The molecule has 2 atom stereocenters. The van der Waals surface area contributed by atoms with E-state index in [1.165, 1.54) is 18.4 Å². The van der Waals surface area contributed by atoms with E-state index >= 15 is 0 Å². The molecule has 0 unspecified atom stereocenters. The van der Waals surface area contributed by atoms with Crippen LogP contribution in [0.5, 0.6) is 0 Å². The minimum Gasteiger partial charge on any atom is -0.413 e. The zero-order chi connectivity index (χ0) is 11.4. The first-order chi connectivity index (χ1) is 7.81. The topological polar surface area (TPSA) is 21.3 Å². The van der Waals surface area contributed by atoms with Crippen LogP contribution in [0.25, 0.3) is 0 Å². The van der Waals surface area contributed by atoms with Crippen molar-refractivity contribution in [3.8, 4) is 0 Å². The molecular weight excluding hydrogens is 197 g/mol. The fourth-order valence-electron chi connectivity index (χ4n) is 2.27. The van der Waals surface area contributed by atoms with E-state index < -0.39 is 0 Å². The zero-order valence-electron chi connectivity index (χ0n) is 10.1. The Balaban J connectivity index is 1.97. The van der Waals surface area contributed by atoms with Gasteiger partial charge in [-0.1, -0.05) is 50.1 Å². The Labute approximate surface area is 98.5 Å². The minimum absolute atomic E-state index is 0.211. The summed E-state index contributed by atoms with van der Waals surface area (Å²) in [6.07, 6.45) is 3.78. The second-order valence-electron chi connectivity index (χ2n) is 4.55. The number of unbranched alkanes of at least 4 members (excludes halogenated alkanes) is 1. The standard InChI is InChI=1S/C13H20BNO/c1-3-4-10-14-15-11(2)13(16-14)12-8-6-5-7-9-12/h5-9,11,13,15H,3-4,10H2,1-2H3/t11-,13-/m1/s1. The molecule has 86 valence electrons. The van der Waals surface area contributed by atoms with E-state index in [-0.39, 0.29) is 13.2 Å². The molecule has 0 aliphatic carbocycles. The molecule has 1 aromatic rings. The predicted molar refractivity (Wildman–Crippen MR) is 68.3 cm³/mol. The molecule has 2 nitrogen and oxygen atoms in total. The van der Waals surface area contributed by atoms with Crippen molar-refractivity contribution in [3.63, 3.8) is 0 Å². The predicted octanol–water partition coefficient (Wildman–Crippen LogP) is 3.02. The highest BCUT2D eigenvalue weighted by Crippen LogP contribution is 2.27. The van der Waals surface area contributed by atoms with Gasteiger partial charge in [0.05, 0.1) is 6.10 Å². The third-order valence-electron chi connectivity index (χ3n) is 3.16. The summed E-state index contributed by atoms with van der Waals surface area (Å²) in [7, 11) is 0.236. The van der Waals surface area contributed by atoms with Gasteiger partial charge in [-0.05, 0) is 18.8 Å². The summed E-state index contributed by atoms with van der Waals surface area (Å²) in [4.78, 5) is 0. The van der Waals surface area contributed by atoms with Gasteiger partial charge in [0.1, 0.15) is 0 Å². The molecule has 1 aromatic carbocycles. The lowest BCUT2D eigenvalue weighted by Gasteiger charge is -2.15. The largest absolute Gasteiger partial charge is 0.413 e. The Kier molecular flexibility index (Phi) is 4.02. The van der Waals surface area contributed by atoms with E-state index in [1.807, 2.05) is 6.07 Å². The van der Waals surface area contributed by atoms with Crippen LogP contribution in [0.4, 0.5) is 0 Å². The number of benzene rings is 1. The van der Waals surface area contributed by atoms with Crippen LogP contribution in [0, 0.1) is 0 Å². The summed E-state index contributed by atoms with van der Waals surface area (Å²) in [5.41, 5.74) is 1.28. The monoisotopic (exact) mass is 217 g/mol. The van der Waals surface area contributed by atoms with Gasteiger partial charge in [0.2, 0.25) is 0 Å². The molecule has 0 amide bonds. The Morgan fingerprint density at radius 3 is 2.75 bits per heavy atom. The highest BCUT2D eigenvalue weighted by atomic mass is 16.5. The Bertz CT molecular complexity index is 317. The molecule has 1 N–H and O–H groups in total. The fourth-order valence-corrected chi connectivity index (χ4v) is 2.27. The van der Waals surface area contributed by atoms with Gasteiger partial charge in [-0.3, -0.25) is 0 Å². The van der Waals surface area contributed by atoms with E-state index in [0.717, 1.165) is 6.32 Å². The van der Waals surface area contributed by atoms with Crippen LogP contribution in [0.3, 0.4) is 0 Å². The maximum absolute atomic E-state index is 6.05. The van der Waals surface area contributed by atoms with Gasteiger partial charge in [0.25, 0.3) is 0 Å². The van der Waals surface area contributed by atoms with Crippen molar-refractivity contribution in [2.45, 2.75) is 45.2 Å². The van der Waals surface area contributed by atoms with Gasteiger partial charge in [-0.15, -0.1) is 0 Å². The maximum Gasteiger partial charge on any atom is 0.380 e. The van der Waals surface area contributed by atoms with Crippen LogP contribution in [0.2, 0.25) is 6.32 Å². The van der Waals surface area contributed by atoms with Crippen LogP contribution >= 0.6 is 0 Å². The lowest BCUT2D eigenvalue weighted by atomic mass is 9.77. The number of rotatable bonds is 4. The summed E-state index contributed by atoms with van der Waals surface area (Å²) >= 11 is 0. The van der Waals surface area contributed by atoms with Crippen molar-refractivity contribution in [3.05, 3.63) is 35.9 Å². The molecule has 2 rings (SSSR count). The van der Waals surface area contributed by atoms with Crippen molar-refractivity contribution in [2.75, 3.05) is 0 Å². The Hall–Kier alpha value is -0.795. The zero-order valence-corrected chi connectivity index (χ0v) is 10.1. The van der Waals surface area contributed by atoms with E-state index in [9.17, 15) is 0 Å². The van der Waals surface area contributed by atoms with Crippen LogP contribution in [0.15, 0.2) is 30.3 Å². The summed E-state index contributed by atoms with van der Waals surface area (Å²) < 4.78 is 6.05. The fraction of sp³-hybridized carbons (Fsp3) is 0.538. The molecule has 0 saturated carbocycles. The van der Waals surface area contributed by atoms with Crippen LogP contribution in [0.1, 0.15) is 38.4 Å². The van der Waals surface area contributed by atoms with Gasteiger partial charge in [-0.2, -0.15) is 0 Å². The van der Waals surface area contributed by atoms with Crippen molar-refractivity contribution in [2.24, 2.45) is 0 Å². The van der Waals surface area contributed by atoms with E-state index in [0.29, 0.717) is 6.04 Å². The smallest absolute Gasteiger partial charge is 0.380 e. The average Bonchev–Trinajstić information content (AvgIpc) is 2.69. The van der Waals surface area contributed by atoms with Gasteiger partial charge < -0.3 is 9.88 Å². The molecule has 0 aromatic heterocycles.